The van der Waals surface area contributed by atoms with Gasteiger partial charge in [0.1, 0.15) is 0 Å². The third kappa shape index (κ3) is 5.04. The van der Waals surface area contributed by atoms with Crippen molar-refractivity contribution in [3.05, 3.63) is 53.6 Å². The highest BCUT2D eigenvalue weighted by Crippen LogP contribution is 2.44. The number of nitrogens with zero attached hydrogens (tertiary/aromatic N) is 4. The average Bonchev–Trinajstić information content (AvgIpc) is 2.92. The van der Waals surface area contributed by atoms with Gasteiger partial charge in [0, 0.05) is 36.4 Å². The van der Waals surface area contributed by atoms with Gasteiger partial charge in [-0.2, -0.15) is 4.98 Å². The SMILES string of the molecule is CC(=O)Nc1ccc([C@@H]2Oc3nc(SCC(C)C)nnc3-c3cc(C)ccc3N2C(C)=O)cc1. The molecular weight excluding hydrogens is 450 g/mol. The molecular formula is C25H27N5O3S. The Morgan fingerprint density at radius 3 is 2.50 bits per heavy atom. The molecule has 0 radical (unpaired) electrons. The number of aromatic nitrogens is 3. The van der Waals surface area contributed by atoms with Crippen LogP contribution in [0.25, 0.3) is 11.3 Å². The molecule has 0 saturated heterocycles. The van der Waals surface area contributed by atoms with E-state index in [2.05, 4.69) is 34.3 Å². The Hall–Kier alpha value is -3.46. The lowest BCUT2D eigenvalue weighted by atomic mass is 10.0. The van der Waals surface area contributed by atoms with E-state index in [1.807, 2.05) is 37.3 Å². The normalized spacial score (nSPS) is 14.6. The van der Waals surface area contributed by atoms with Crippen LogP contribution in [0.5, 0.6) is 5.88 Å². The summed E-state index contributed by atoms with van der Waals surface area (Å²) in [5.74, 6) is 1.31. The summed E-state index contributed by atoms with van der Waals surface area (Å²) in [6, 6.07) is 13.0. The summed E-state index contributed by atoms with van der Waals surface area (Å²) in [5, 5.41) is 12.1. The van der Waals surface area contributed by atoms with E-state index >= 15 is 0 Å². The van der Waals surface area contributed by atoms with Crippen LogP contribution >= 0.6 is 11.8 Å². The fourth-order valence-corrected chi connectivity index (χ4v) is 4.40. The molecule has 176 valence electrons. The highest BCUT2D eigenvalue weighted by Gasteiger charge is 2.34. The molecule has 0 unspecified atom stereocenters. The second-order valence-corrected chi connectivity index (χ2v) is 9.62. The van der Waals surface area contributed by atoms with E-state index in [0.717, 1.165) is 22.4 Å². The number of carbonyl (C=O) groups excluding carboxylic acids is 2. The second kappa shape index (κ2) is 9.80. The summed E-state index contributed by atoms with van der Waals surface area (Å²) in [6.45, 7) is 9.20. The molecule has 2 aromatic carbocycles. The number of hydrogen-bond donors (Lipinski definition) is 1. The minimum Gasteiger partial charge on any atom is -0.447 e. The zero-order chi connectivity index (χ0) is 24.4. The maximum Gasteiger partial charge on any atom is 0.247 e. The third-order valence-corrected chi connectivity index (χ3v) is 6.43. The highest BCUT2D eigenvalue weighted by atomic mass is 32.2. The number of carbonyl (C=O) groups is 2. The van der Waals surface area contributed by atoms with E-state index in [1.165, 1.54) is 25.6 Å². The van der Waals surface area contributed by atoms with Crippen molar-refractivity contribution in [2.24, 2.45) is 5.92 Å². The van der Waals surface area contributed by atoms with E-state index in [4.69, 9.17) is 4.74 Å². The van der Waals surface area contributed by atoms with Crippen LogP contribution in [0, 0.1) is 12.8 Å². The van der Waals surface area contributed by atoms with E-state index < -0.39 is 6.23 Å². The molecule has 2 heterocycles. The van der Waals surface area contributed by atoms with E-state index in [1.54, 1.807) is 17.0 Å². The number of fused-ring (bicyclic) bond motifs is 3. The minimum absolute atomic E-state index is 0.156. The molecule has 1 atom stereocenters. The lowest BCUT2D eigenvalue weighted by molar-refractivity contribution is -0.118. The largest absolute Gasteiger partial charge is 0.447 e. The van der Waals surface area contributed by atoms with Crippen molar-refractivity contribution in [1.29, 1.82) is 0 Å². The molecule has 0 spiro atoms. The van der Waals surface area contributed by atoms with Crippen molar-refractivity contribution in [3.8, 4) is 17.1 Å². The van der Waals surface area contributed by atoms with Gasteiger partial charge >= 0.3 is 0 Å². The summed E-state index contributed by atoms with van der Waals surface area (Å²) in [6.07, 6.45) is -0.772. The first-order valence-corrected chi connectivity index (χ1v) is 12.0. The number of rotatable bonds is 5. The van der Waals surface area contributed by atoms with Gasteiger partial charge < -0.3 is 10.1 Å². The summed E-state index contributed by atoms with van der Waals surface area (Å²) < 4.78 is 6.40. The molecule has 0 saturated carbocycles. The van der Waals surface area contributed by atoms with Crippen LogP contribution in [0.1, 0.15) is 45.0 Å². The Morgan fingerprint density at radius 1 is 1.12 bits per heavy atom. The van der Waals surface area contributed by atoms with Gasteiger partial charge in [0.25, 0.3) is 0 Å². The van der Waals surface area contributed by atoms with E-state index in [9.17, 15) is 9.59 Å². The van der Waals surface area contributed by atoms with Crippen LogP contribution in [0.15, 0.2) is 47.6 Å². The molecule has 1 N–H and O–H groups in total. The maximum absolute atomic E-state index is 12.9. The van der Waals surface area contributed by atoms with Crippen molar-refractivity contribution in [3.63, 3.8) is 0 Å². The number of ether oxygens (including phenoxy) is 1. The molecule has 4 rings (SSSR count). The molecule has 0 bridgehead atoms. The van der Waals surface area contributed by atoms with E-state index in [-0.39, 0.29) is 11.8 Å². The standard InChI is InChI=1S/C25H27N5O3S/c1-14(2)13-34-25-27-23-22(28-29-25)20-12-15(3)6-11-21(20)30(17(5)32)24(33-23)18-7-9-19(10-8-18)26-16(4)31/h6-12,14,24H,13H2,1-5H3,(H,26,31)/t24-/m0/s1. The number of thioether (sulfide) groups is 1. The Morgan fingerprint density at radius 2 is 1.85 bits per heavy atom. The van der Waals surface area contributed by atoms with Crippen LogP contribution in [0.2, 0.25) is 0 Å². The van der Waals surface area contributed by atoms with Gasteiger partial charge in [0.15, 0.2) is 5.69 Å². The Balaban J connectivity index is 1.84. The molecule has 1 aliphatic heterocycles. The van der Waals surface area contributed by atoms with Gasteiger partial charge in [-0.1, -0.05) is 49.4 Å². The van der Waals surface area contributed by atoms with Gasteiger partial charge in [-0.05, 0) is 37.1 Å². The first-order valence-electron chi connectivity index (χ1n) is 11.1. The first-order chi connectivity index (χ1) is 16.2. The minimum atomic E-state index is -0.772. The second-order valence-electron chi connectivity index (χ2n) is 8.64. The number of benzene rings is 2. The van der Waals surface area contributed by atoms with Crippen molar-refractivity contribution in [2.75, 3.05) is 16.0 Å². The molecule has 8 nitrogen and oxygen atoms in total. The fourth-order valence-electron chi connectivity index (χ4n) is 3.67. The molecule has 2 amide bonds. The van der Waals surface area contributed by atoms with Crippen molar-refractivity contribution >= 4 is 35.0 Å². The van der Waals surface area contributed by atoms with Gasteiger partial charge in [-0.15, -0.1) is 10.2 Å². The smallest absolute Gasteiger partial charge is 0.247 e. The molecule has 1 aliphatic rings. The number of aryl methyl sites for hydroxylation is 1. The van der Waals surface area contributed by atoms with Crippen LogP contribution in [0.3, 0.4) is 0 Å². The molecule has 0 fully saturated rings. The number of amides is 2. The summed E-state index contributed by atoms with van der Waals surface area (Å²) in [7, 11) is 0. The lowest BCUT2D eigenvalue weighted by Crippen LogP contribution is -2.36. The van der Waals surface area contributed by atoms with Crippen LogP contribution in [0.4, 0.5) is 11.4 Å². The Kier molecular flexibility index (Phi) is 6.83. The summed E-state index contributed by atoms with van der Waals surface area (Å²) in [4.78, 5) is 30.6. The molecule has 3 aromatic rings. The van der Waals surface area contributed by atoms with Crippen LogP contribution < -0.4 is 15.0 Å². The van der Waals surface area contributed by atoms with Crippen LogP contribution in [-0.4, -0.2) is 32.7 Å². The lowest BCUT2D eigenvalue weighted by Gasteiger charge is -2.30. The average molecular weight is 478 g/mol. The van der Waals surface area contributed by atoms with Crippen molar-refractivity contribution in [2.45, 2.75) is 46.0 Å². The van der Waals surface area contributed by atoms with Gasteiger partial charge in [-0.25, -0.2) is 0 Å². The predicted octanol–water partition coefficient (Wildman–Crippen LogP) is 5.00. The molecule has 0 aliphatic carbocycles. The number of hydrogen-bond acceptors (Lipinski definition) is 7. The highest BCUT2D eigenvalue weighted by molar-refractivity contribution is 7.99. The quantitative estimate of drug-likeness (QED) is 0.517. The van der Waals surface area contributed by atoms with Gasteiger partial charge in [0.05, 0.1) is 5.69 Å². The van der Waals surface area contributed by atoms with Gasteiger partial charge in [0.2, 0.25) is 29.1 Å². The van der Waals surface area contributed by atoms with Gasteiger partial charge in [-0.3, -0.25) is 14.5 Å². The van der Waals surface area contributed by atoms with E-state index in [0.29, 0.717) is 34.0 Å². The molecule has 9 heteroatoms. The zero-order valence-electron chi connectivity index (χ0n) is 19.8. The summed E-state index contributed by atoms with van der Waals surface area (Å²) in [5.41, 5.74) is 4.32. The van der Waals surface area contributed by atoms with Crippen LogP contribution in [-0.2, 0) is 9.59 Å². The molecule has 1 aromatic heterocycles. The molecule has 34 heavy (non-hydrogen) atoms. The predicted molar refractivity (Wildman–Crippen MR) is 133 cm³/mol. The first kappa shape index (κ1) is 23.7. The van der Waals surface area contributed by atoms with Crippen molar-refractivity contribution in [1.82, 2.24) is 15.2 Å². The van der Waals surface area contributed by atoms with Crippen molar-refractivity contribution < 1.29 is 14.3 Å². The fraction of sp³-hybridized carbons (Fsp3) is 0.320. The monoisotopic (exact) mass is 477 g/mol. The maximum atomic E-state index is 12.9. The zero-order valence-corrected chi connectivity index (χ0v) is 20.6. The third-order valence-electron chi connectivity index (χ3n) is 5.16. The summed E-state index contributed by atoms with van der Waals surface area (Å²) >= 11 is 1.52. The number of nitrogens with one attached hydrogen (secondary N) is 1. The topological polar surface area (TPSA) is 97.3 Å². The Labute approximate surface area is 203 Å². The number of anilines is 2. The Bertz CT molecular complexity index is 1230.